The fourth-order valence-electron chi connectivity index (χ4n) is 7.77. The standard InChI is InChI=1S/C49H71N13O9/c1-32(18-20-50-44(65)58-42-54-34(3)26-40(63)56-42)28-48(5,6)30-52-46(67)70-24-22-62(38-14-10-36(11-15-38)60-61-37-12-16-39(69-9)17-13-37)23-25-71-47(68)53-31-49(7,8)29-33(2)19-21-51-45(66)59-43-55-35(4)27-41(64)57-43/h10-17,26-27,32-33H,18-25,28-31H2,1-9H3,(H,52,67)(H,53,68)(H3,50,54,56,58,63,65)(H3,51,55,57,59,64,66). The number of aromatic amines is 2. The van der Waals surface area contributed by atoms with Crippen molar-refractivity contribution in [3.05, 3.63) is 92.8 Å². The van der Waals surface area contributed by atoms with Gasteiger partial charge in [-0.05, 0) is 111 Å². The number of azo groups is 1. The minimum absolute atomic E-state index is 0.0465. The molecular formula is C49H71N13O9. The predicted octanol–water partition coefficient (Wildman–Crippen LogP) is 7.68. The number of nitrogens with one attached hydrogen (secondary N) is 8. The number of hydrogen-bond donors (Lipinski definition) is 8. The highest BCUT2D eigenvalue weighted by molar-refractivity contribution is 5.87. The molecule has 22 nitrogen and oxygen atoms in total. The predicted molar refractivity (Wildman–Crippen MR) is 272 cm³/mol. The second kappa shape index (κ2) is 27.6. The molecular weight excluding hydrogens is 915 g/mol. The van der Waals surface area contributed by atoms with Crippen LogP contribution in [0.25, 0.3) is 0 Å². The van der Waals surface area contributed by atoms with E-state index in [4.69, 9.17) is 14.2 Å². The second-order valence-electron chi connectivity index (χ2n) is 19.1. The molecule has 0 aliphatic heterocycles. The minimum Gasteiger partial charge on any atom is -0.497 e. The summed E-state index contributed by atoms with van der Waals surface area (Å²) >= 11 is 0. The Morgan fingerprint density at radius 2 is 1.06 bits per heavy atom. The zero-order valence-corrected chi connectivity index (χ0v) is 42.3. The number of ether oxygens (including phenoxy) is 3. The Labute approximate surface area is 414 Å². The first-order valence-electron chi connectivity index (χ1n) is 23.6. The van der Waals surface area contributed by atoms with E-state index in [1.54, 1.807) is 45.2 Å². The molecule has 2 aromatic carbocycles. The van der Waals surface area contributed by atoms with Crippen LogP contribution in [0.5, 0.6) is 5.75 Å². The quantitative estimate of drug-likeness (QED) is 0.0281. The number of methoxy groups -OCH3 is 1. The number of amides is 6. The van der Waals surface area contributed by atoms with E-state index < -0.39 is 24.2 Å². The van der Waals surface area contributed by atoms with Gasteiger partial charge in [0.1, 0.15) is 19.0 Å². The molecule has 2 heterocycles. The van der Waals surface area contributed by atoms with Gasteiger partial charge < -0.3 is 40.4 Å². The molecule has 0 radical (unpaired) electrons. The van der Waals surface area contributed by atoms with Gasteiger partial charge in [0.25, 0.3) is 11.1 Å². The molecule has 0 bridgehead atoms. The van der Waals surface area contributed by atoms with Crippen molar-refractivity contribution in [3.8, 4) is 5.75 Å². The van der Waals surface area contributed by atoms with Crippen molar-refractivity contribution >= 4 is 53.2 Å². The van der Waals surface area contributed by atoms with Crippen LogP contribution >= 0.6 is 0 Å². The topological polar surface area (TPSA) is 288 Å². The summed E-state index contributed by atoms with van der Waals surface area (Å²) in [4.78, 5) is 88.9. The number of nitrogens with zero attached hydrogens (tertiary/aromatic N) is 5. The number of alkyl carbamates (subject to hydrolysis) is 2. The number of benzene rings is 2. The van der Waals surface area contributed by atoms with E-state index in [2.05, 4.69) is 75.9 Å². The Kier molecular flexibility index (Phi) is 21.8. The number of carbonyl (C=O) groups is 4. The summed E-state index contributed by atoms with van der Waals surface area (Å²) in [5.74, 6) is 1.29. The zero-order valence-electron chi connectivity index (χ0n) is 42.3. The SMILES string of the molecule is COc1ccc(N=Nc2ccc(N(CCOC(=O)NCC(C)(C)CC(C)CCNC(=O)Nc3nc(C)cc(=O)[nH]3)CCOC(=O)NCC(C)(C)CC(C)CCNC(=O)Nc3nc(C)cc(=O)[nH]3)cc2)cc1. The number of hydrogen-bond acceptors (Lipinski definition) is 14. The summed E-state index contributed by atoms with van der Waals surface area (Å²) in [6, 6.07) is 16.3. The summed E-state index contributed by atoms with van der Waals surface area (Å²) in [7, 11) is 1.60. The molecule has 0 saturated carbocycles. The largest absolute Gasteiger partial charge is 0.497 e. The van der Waals surface area contributed by atoms with Gasteiger partial charge in [0.15, 0.2) is 0 Å². The molecule has 6 amide bonds. The Morgan fingerprint density at radius 3 is 1.45 bits per heavy atom. The van der Waals surface area contributed by atoms with E-state index >= 15 is 0 Å². The van der Waals surface area contributed by atoms with E-state index in [1.165, 1.54) is 12.1 Å². The van der Waals surface area contributed by atoms with Gasteiger partial charge in [0.2, 0.25) is 11.9 Å². The third-order valence-corrected chi connectivity index (χ3v) is 11.0. The lowest BCUT2D eigenvalue weighted by molar-refractivity contribution is 0.136. The summed E-state index contributed by atoms with van der Waals surface area (Å²) < 4.78 is 16.4. The van der Waals surface area contributed by atoms with Gasteiger partial charge in [0, 0.05) is 55.4 Å². The molecule has 8 N–H and O–H groups in total. The molecule has 71 heavy (non-hydrogen) atoms. The third-order valence-electron chi connectivity index (χ3n) is 11.0. The number of aromatic nitrogens is 4. The highest BCUT2D eigenvalue weighted by atomic mass is 16.6. The smallest absolute Gasteiger partial charge is 0.407 e. The van der Waals surface area contributed by atoms with E-state index in [0.717, 1.165) is 18.5 Å². The maximum Gasteiger partial charge on any atom is 0.407 e. The van der Waals surface area contributed by atoms with Crippen molar-refractivity contribution in [2.45, 2.75) is 81.1 Å². The first-order valence-corrected chi connectivity index (χ1v) is 23.6. The number of H-pyrrole nitrogens is 2. The molecule has 2 unspecified atom stereocenters. The van der Waals surface area contributed by atoms with E-state index in [1.807, 2.05) is 56.9 Å². The Morgan fingerprint density at radius 1 is 0.648 bits per heavy atom. The van der Waals surface area contributed by atoms with Gasteiger partial charge in [-0.25, -0.2) is 29.1 Å². The third kappa shape index (κ3) is 22.2. The van der Waals surface area contributed by atoms with Gasteiger partial charge in [-0.2, -0.15) is 10.2 Å². The average Bonchev–Trinajstić information content (AvgIpc) is 3.28. The lowest BCUT2D eigenvalue weighted by Gasteiger charge is -2.29. The Bertz CT molecular complexity index is 2370. The zero-order chi connectivity index (χ0) is 52.0. The molecule has 0 spiro atoms. The summed E-state index contributed by atoms with van der Waals surface area (Å²) in [5, 5.41) is 25.1. The highest BCUT2D eigenvalue weighted by Gasteiger charge is 2.24. The van der Waals surface area contributed by atoms with Crippen LogP contribution in [0.2, 0.25) is 0 Å². The van der Waals surface area contributed by atoms with E-state index in [-0.39, 0.29) is 58.9 Å². The molecule has 386 valence electrons. The monoisotopic (exact) mass is 986 g/mol. The normalized spacial score (nSPS) is 12.3. The molecule has 0 saturated heterocycles. The summed E-state index contributed by atoms with van der Waals surface area (Å²) in [5.41, 5.74) is 1.78. The maximum atomic E-state index is 12.9. The lowest BCUT2D eigenvalue weighted by atomic mass is 9.82. The van der Waals surface area contributed by atoms with Crippen LogP contribution in [0.4, 0.5) is 48.1 Å². The fourth-order valence-corrected chi connectivity index (χ4v) is 7.77. The molecule has 0 aliphatic carbocycles. The molecule has 0 fully saturated rings. The van der Waals surface area contributed by atoms with Crippen molar-refractivity contribution in [2.75, 3.05) is 75.1 Å². The molecule has 22 heteroatoms. The van der Waals surface area contributed by atoms with Crippen LogP contribution in [0.15, 0.2) is 80.5 Å². The fraction of sp³-hybridized carbons (Fsp3) is 0.510. The Hall–Kier alpha value is -7.52. The summed E-state index contributed by atoms with van der Waals surface area (Å²) in [6.45, 7) is 17.9. The van der Waals surface area contributed by atoms with E-state index in [0.29, 0.717) is 80.6 Å². The van der Waals surface area contributed by atoms with Crippen molar-refractivity contribution in [1.29, 1.82) is 0 Å². The highest BCUT2D eigenvalue weighted by Crippen LogP contribution is 2.28. The van der Waals surface area contributed by atoms with Crippen molar-refractivity contribution in [2.24, 2.45) is 32.9 Å². The first-order chi connectivity index (χ1) is 33.6. The van der Waals surface area contributed by atoms with Crippen molar-refractivity contribution < 1.29 is 33.4 Å². The van der Waals surface area contributed by atoms with Crippen molar-refractivity contribution in [1.82, 2.24) is 41.2 Å². The summed E-state index contributed by atoms with van der Waals surface area (Å²) in [6.07, 6.45) is 1.77. The molecule has 2 aromatic heterocycles. The average molecular weight is 986 g/mol. The lowest BCUT2D eigenvalue weighted by Crippen LogP contribution is -2.38. The van der Waals surface area contributed by atoms with Gasteiger partial charge in [0.05, 0.1) is 31.6 Å². The molecule has 0 aliphatic rings. The van der Waals surface area contributed by atoms with Gasteiger partial charge in [-0.3, -0.25) is 30.2 Å². The number of urea groups is 2. The van der Waals surface area contributed by atoms with Gasteiger partial charge >= 0.3 is 24.2 Å². The van der Waals surface area contributed by atoms with Crippen LogP contribution in [-0.2, 0) is 9.47 Å². The van der Waals surface area contributed by atoms with Crippen LogP contribution < -0.4 is 52.7 Å². The van der Waals surface area contributed by atoms with Crippen LogP contribution in [-0.4, -0.2) is 104 Å². The molecule has 2 atom stereocenters. The maximum absolute atomic E-state index is 12.9. The van der Waals surface area contributed by atoms with Gasteiger partial charge in [-0.1, -0.05) is 41.5 Å². The van der Waals surface area contributed by atoms with Crippen molar-refractivity contribution in [3.63, 3.8) is 0 Å². The van der Waals surface area contributed by atoms with Gasteiger partial charge in [-0.15, -0.1) is 0 Å². The number of aryl methyl sites for hydroxylation is 2. The number of rotatable bonds is 26. The molecule has 4 rings (SSSR count). The van der Waals surface area contributed by atoms with Crippen LogP contribution in [0, 0.1) is 36.5 Å². The van der Waals surface area contributed by atoms with E-state index in [9.17, 15) is 28.8 Å². The Balaban J connectivity index is 1.22. The second-order valence-corrected chi connectivity index (χ2v) is 19.1. The number of carbonyl (C=O) groups excluding carboxylic acids is 4. The van der Waals surface area contributed by atoms with Crippen LogP contribution in [0.1, 0.15) is 78.6 Å². The first kappa shape index (κ1) is 56.1. The van der Waals surface area contributed by atoms with Crippen LogP contribution in [0.3, 0.4) is 0 Å². The number of anilines is 3. The minimum atomic E-state index is -0.565. The molecule has 4 aromatic rings.